The molecule has 0 fully saturated rings. The molecule has 0 aliphatic rings. The normalized spacial score (nSPS) is 9.73. The van der Waals surface area contributed by atoms with Crippen LogP contribution in [-0.2, 0) is 0 Å². The molecule has 0 aliphatic carbocycles. The summed E-state index contributed by atoms with van der Waals surface area (Å²) in [6, 6.07) is 3.65. The lowest BCUT2D eigenvalue weighted by Gasteiger charge is -2.06. The number of anilines is 1. The third-order valence-corrected chi connectivity index (χ3v) is 2.94. The van der Waals surface area contributed by atoms with Crippen LogP contribution in [0, 0.1) is 3.57 Å². The highest BCUT2D eigenvalue weighted by molar-refractivity contribution is 14.1. The van der Waals surface area contributed by atoms with Crippen molar-refractivity contribution in [2.75, 3.05) is 12.8 Å². The summed E-state index contributed by atoms with van der Waals surface area (Å²) in [5.74, 6) is 0.621. The van der Waals surface area contributed by atoms with Crippen molar-refractivity contribution in [1.82, 2.24) is 0 Å². The van der Waals surface area contributed by atoms with Crippen LogP contribution in [0.15, 0.2) is 12.1 Å². The molecule has 0 heterocycles. The second-order valence-electron chi connectivity index (χ2n) is 1.98. The lowest BCUT2D eigenvalue weighted by Crippen LogP contribution is -1.94. The van der Waals surface area contributed by atoms with Gasteiger partial charge in [-0.2, -0.15) is 0 Å². The summed E-state index contributed by atoms with van der Waals surface area (Å²) in [5, 5.41) is 0.560. The molecule has 1 aromatic carbocycles. The molecule has 0 aliphatic heterocycles. The van der Waals surface area contributed by atoms with Crippen molar-refractivity contribution in [3.8, 4) is 5.75 Å². The molecule has 0 bridgehead atoms. The lowest BCUT2D eigenvalue weighted by molar-refractivity contribution is 0.417. The first-order chi connectivity index (χ1) is 5.16. The number of nitrogen functional groups attached to an aromatic ring is 1. The van der Waals surface area contributed by atoms with Gasteiger partial charge in [0.15, 0.2) is 0 Å². The number of hydrogen-bond donors (Lipinski definition) is 1. The summed E-state index contributed by atoms with van der Waals surface area (Å²) >= 11 is 7.96. The molecule has 1 rings (SSSR count). The van der Waals surface area contributed by atoms with Gasteiger partial charge in [0.25, 0.3) is 0 Å². The zero-order valence-electron chi connectivity index (χ0n) is 5.90. The second-order valence-corrected chi connectivity index (χ2v) is 3.52. The van der Waals surface area contributed by atoms with Gasteiger partial charge in [-0.25, -0.2) is 0 Å². The largest absolute Gasteiger partial charge is 0.495 e. The van der Waals surface area contributed by atoms with Gasteiger partial charge >= 0.3 is 0 Å². The molecule has 0 saturated heterocycles. The van der Waals surface area contributed by atoms with Crippen LogP contribution in [0.1, 0.15) is 0 Å². The van der Waals surface area contributed by atoms with Crippen LogP contribution in [0.3, 0.4) is 0 Å². The third-order valence-electron chi connectivity index (χ3n) is 1.31. The van der Waals surface area contributed by atoms with Crippen molar-refractivity contribution >= 4 is 39.9 Å². The number of halogens is 2. The van der Waals surface area contributed by atoms with E-state index in [4.69, 9.17) is 22.1 Å². The molecule has 0 amide bonds. The molecule has 2 N–H and O–H groups in total. The van der Waals surface area contributed by atoms with E-state index in [1.807, 2.05) is 6.07 Å². The second kappa shape index (κ2) is 3.49. The van der Waals surface area contributed by atoms with Gasteiger partial charge in [-0.15, -0.1) is 0 Å². The minimum atomic E-state index is 0.501. The molecular formula is C7H7ClINO. The van der Waals surface area contributed by atoms with E-state index in [9.17, 15) is 0 Å². The number of rotatable bonds is 1. The van der Waals surface area contributed by atoms with Crippen molar-refractivity contribution in [3.63, 3.8) is 0 Å². The fraction of sp³-hybridized carbons (Fsp3) is 0.143. The van der Waals surface area contributed by atoms with Gasteiger partial charge in [0.05, 0.1) is 17.8 Å². The van der Waals surface area contributed by atoms with E-state index < -0.39 is 0 Å². The van der Waals surface area contributed by atoms with Crippen LogP contribution in [-0.4, -0.2) is 7.11 Å². The molecule has 4 heteroatoms. The Bertz CT molecular complexity index is 277. The Morgan fingerprint density at radius 1 is 1.55 bits per heavy atom. The Labute approximate surface area is 83.8 Å². The van der Waals surface area contributed by atoms with E-state index in [1.165, 1.54) is 0 Å². The number of methoxy groups -OCH3 is 1. The Kier molecular flexibility index (Phi) is 2.84. The van der Waals surface area contributed by atoms with Crippen LogP contribution < -0.4 is 10.5 Å². The highest BCUT2D eigenvalue weighted by Gasteiger charge is 2.06. The Balaban J connectivity index is 3.25. The molecule has 0 radical (unpaired) electrons. The van der Waals surface area contributed by atoms with Crippen molar-refractivity contribution in [2.45, 2.75) is 0 Å². The van der Waals surface area contributed by atoms with Gasteiger partial charge in [0.1, 0.15) is 5.75 Å². The summed E-state index contributed by atoms with van der Waals surface area (Å²) in [6.45, 7) is 0. The molecule has 60 valence electrons. The highest BCUT2D eigenvalue weighted by Crippen LogP contribution is 2.32. The highest BCUT2D eigenvalue weighted by atomic mass is 127. The SMILES string of the molecule is COc1ccc(I)c(Cl)c1N. The molecular weight excluding hydrogens is 276 g/mol. The molecule has 0 saturated carbocycles. The van der Waals surface area contributed by atoms with Crippen LogP contribution >= 0.6 is 34.2 Å². The Morgan fingerprint density at radius 2 is 2.18 bits per heavy atom. The van der Waals surface area contributed by atoms with Crippen molar-refractivity contribution < 1.29 is 4.74 Å². The van der Waals surface area contributed by atoms with Crippen LogP contribution in [0.25, 0.3) is 0 Å². The number of benzene rings is 1. The summed E-state index contributed by atoms with van der Waals surface area (Å²) in [5.41, 5.74) is 6.13. The first-order valence-electron chi connectivity index (χ1n) is 2.94. The maximum Gasteiger partial charge on any atom is 0.143 e. The summed E-state index contributed by atoms with van der Waals surface area (Å²) in [6.07, 6.45) is 0. The first kappa shape index (κ1) is 8.93. The molecule has 0 unspecified atom stereocenters. The van der Waals surface area contributed by atoms with Crippen molar-refractivity contribution in [2.24, 2.45) is 0 Å². The smallest absolute Gasteiger partial charge is 0.143 e. The minimum Gasteiger partial charge on any atom is -0.495 e. The monoisotopic (exact) mass is 283 g/mol. The van der Waals surface area contributed by atoms with E-state index in [2.05, 4.69) is 22.6 Å². The maximum absolute atomic E-state index is 5.85. The third kappa shape index (κ3) is 1.70. The number of ether oxygens (including phenoxy) is 1. The van der Waals surface area contributed by atoms with E-state index in [-0.39, 0.29) is 0 Å². The van der Waals surface area contributed by atoms with Crippen LogP contribution in [0.5, 0.6) is 5.75 Å². The zero-order chi connectivity index (χ0) is 8.43. The predicted molar refractivity (Wildman–Crippen MR) is 55.1 cm³/mol. The van der Waals surface area contributed by atoms with Gasteiger partial charge in [-0.05, 0) is 34.7 Å². The maximum atomic E-state index is 5.85. The minimum absolute atomic E-state index is 0.501. The number of hydrogen-bond acceptors (Lipinski definition) is 2. The van der Waals surface area contributed by atoms with Gasteiger partial charge in [0.2, 0.25) is 0 Å². The van der Waals surface area contributed by atoms with Crippen LogP contribution in [0.4, 0.5) is 5.69 Å². The topological polar surface area (TPSA) is 35.2 Å². The van der Waals surface area contributed by atoms with Crippen molar-refractivity contribution in [1.29, 1.82) is 0 Å². The molecule has 1 aromatic rings. The average molecular weight is 283 g/mol. The van der Waals surface area contributed by atoms with Crippen LogP contribution in [0.2, 0.25) is 5.02 Å². The molecule has 0 spiro atoms. The van der Waals surface area contributed by atoms with Gasteiger partial charge in [-0.1, -0.05) is 11.6 Å². The van der Waals surface area contributed by atoms with Gasteiger partial charge in [0, 0.05) is 3.57 Å². The van der Waals surface area contributed by atoms with Gasteiger partial charge in [-0.3, -0.25) is 0 Å². The predicted octanol–water partition coefficient (Wildman–Crippen LogP) is 2.54. The Hall–Kier alpha value is -0.160. The lowest BCUT2D eigenvalue weighted by atomic mass is 10.3. The van der Waals surface area contributed by atoms with E-state index in [1.54, 1.807) is 13.2 Å². The molecule has 0 atom stereocenters. The molecule has 0 aromatic heterocycles. The standard InChI is InChI=1S/C7H7ClINO/c1-11-5-3-2-4(9)6(8)7(5)10/h2-3H,10H2,1H3. The summed E-state index contributed by atoms with van der Waals surface area (Å²) < 4.78 is 5.90. The van der Waals surface area contributed by atoms with Crippen molar-refractivity contribution in [3.05, 3.63) is 20.7 Å². The fourth-order valence-corrected chi connectivity index (χ4v) is 1.35. The molecule has 11 heavy (non-hydrogen) atoms. The van der Waals surface area contributed by atoms with E-state index >= 15 is 0 Å². The van der Waals surface area contributed by atoms with E-state index in [0.29, 0.717) is 16.5 Å². The van der Waals surface area contributed by atoms with Gasteiger partial charge < -0.3 is 10.5 Å². The first-order valence-corrected chi connectivity index (χ1v) is 4.40. The summed E-state index contributed by atoms with van der Waals surface area (Å²) in [4.78, 5) is 0. The quantitative estimate of drug-likeness (QED) is 0.635. The fourth-order valence-electron chi connectivity index (χ4n) is 0.727. The molecule has 2 nitrogen and oxygen atoms in total. The number of nitrogens with two attached hydrogens (primary N) is 1. The average Bonchev–Trinajstić information content (AvgIpc) is 2.01. The Morgan fingerprint density at radius 3 is 2.73 bits per heavy atom. The zero-order valence-corrected chi connectivity index (χ0v) is 8.81. The summed E-state index contributed by atoms with van der Waals surface area (Å²) in [7, 11) is 1.56. The van der Waals surface area contributed by atoms with E-state index in [0.717, 1.165) is 3.57 Å².